The van der Waals surface area contributed by atoms with Crippen molar-refractivity contribution in [1.82, 2.24) is 45.5 Å². The number of hydrogen-bond acceptors (Lipinski definition) is 18. The Bertz CT molecular complexity index is 2800. The topological polar surface area (TPSA) is 304 Å². The van der Waals surface area contributed by atoms with Crippen LogP contribution in [0.4, 0.5) is 11.5 Å². The molecule has 0 radical (unpaired) electrons. The number of imide groups is 2. The predicted molar refractivity (Wildman–Crippen MR) is 250 cm³/mol. The van der Waals surface area contributed by atoms with E-state index in [9.17, 15) is 38.9 Å². The number of para-hydroxylation sites is 1. The number of aromatic nitrogens is 4. The maximum absolute atomic E-state index is 13.2. The van der Waals surface area contributed by atoms with Crippen LogP contribution in [0.25, 0.3) is 22.3 Å². The van der Waals surface area contributed by atoms with E-state index in [1.807, 2.05) is 6.07 Å². The molecule has 2 aromatic heterocycles. The Morgan fingerprint density at radius 3 is 2.23 bits per heavy atom. The van der Waals surface area contributed by atoms with Gasteiger partial charge in [0, 0.05) is 44.2 Å². The van der Waals surface area contributed by atoms with Crippen LogP contribution in [0.2, 0.25) is 0 Å². The fourth-order valence-electron chi connectivity index (χ4n) is 8.41. The van der Waals surface area contributed by atoms with Crippen molar-refractivity contribution in [2.75, 3.05) is 84.7 Å². The zero-order valence-corrected chi connectivity index (χ0v) is 38.4. The summed E-state index contributed by atoms with van der Waals surface area (Å²) >= 11 is 0. The summed E-state index contributed by atoms with van der Waals surface area (Å²) in [5.74, 6) is -2.46. The number of benzene rings is 3. The van der Waals surface area contributed by atoms with Gasteiger partial charge in [0.05, 0.1) is 73.7 Å². The van der Waals surface area contributed by atoms with Crippen LogP contribution in [0, 0.1) is 10.1 Å². The van der Waals surface area contributed by atoms with Crippen molar-refractivity contribution in [3.63, 3.8) is 0 Å². The number of nitrogens with zero attached hydrogens (tertiary/aromatic N) is 7. The van der Waals surface area contributed by atoms with Crippen molar-refractivity contribution in [2.45, 2.75) is 37.8 Å². The molecule has 8 rings (SSSR count). The lowest BCUT2D eigenvalue weighted by Gasteiger charge is -2.31. The number of ether oxygens (including phenoxy) is 5. The first-order chi connectivity index (χ1) is 34.5. The minimum atomic E-state index is -1.12. The molecule has 372 valence electrons. The smallest absolute Gasteiger partial charge is 0.312 e. The van der Waals surface area contributed by atoms with E-state index in [4.69, 9.17) is 34.5 Å². The fraction of sp³-hybridized carbons (Fsp3) is 0.383. The highest BCUT2D eigenvalue weighted by atomic mass is 16.6. The average Bonchev–Trinajstić information content (AvgIpc) is 3.88. The van der Waals surface area contributed by atoms with Gasteiger partial charge in [-0.05, 0) is 55.7 Å². The lowest BCUT2D eigenvalue weighted by Crippen LogP contribution is -2.54. The number of carbonyl (C=O) groups excluding carboxylic acids is 6. The number of nitrogen functional groups attached to an aromatic ring is 1. The third-order valence-corrected chi connectivity index (χ3v) is 11.9. The standard InChI is InChI=1S/C47H51N11O13/c48-43-41-42(29-9-11-35(34(25-29)58(65)66)71-31-5-2-1-3-6-31)54-57(44(41)52-28-51-43)30-13-17-55(18-14-30)26-38(60)49-15-19-67-21-23-69-24-22-68-20-16-50-39(61)27-70-36-8-4-7-32-40(36)47(64)56(46(32)63)33-10-12-37(59)53-45(33)62/h1-9,11,25,28,30,33H,10,12-24,26-27H2,(H,49,60)(H,50,61)(H2,48,51,52)(H,53,59,62). The highest BCUT2D eigenvalue weighted by Gasteiger charge is 2.46. The van der Waals surface area contributed by atoms with Gasteiger partial charge in [0.15, 0.2) is 12.3 Å². The number of nitrogens with one attached hydrogen (secondary N) is 3. The maximum atomic E-state index is 13.2. The molecule has 5 aromatic rings. The van der Waals surface area contributed by atoms with Crippen LogP contribution in [-0.4, -0.2) is 155 Å². The molecule has 2 saturated heterocycles. The van der Waals surface area contributed by atoms with Crippen LogP contribution < -0.4 is 31.2 Å². The summed E-state index contributed by atoms with van der Waals surface area (Å²) in [4.78, 5) is 98.5. The third kappa shape index (κ3) is 11.9. The molecule has 3 aliphatic heterocycles. The molecule has 71 heavy (non-hydrogen) atoms. The highest BCUT2D eigenvalue weighted by molar-refractivity contribution is 6.24. The maximum Gasteiger partial charge on any atom is 0.312 e. The molecule has 6 amide bonds. The molecule has 5 N–H and O–H groups in total. The SMILES string of the molecule is Nc1ncnc2c1c(-c1ccc(Oc3ccccc3)c([N+](=O)[O-])c1)nn2C1CCN(CC(=O)NCCOCCOCCOCCNC(=O)COc2cccc3c2C(=O)N(C2CCC(=O)NC2=O)C3=O)CC1. The van der Waals surface area contributed by atoms with E-state index in [-0.39, 0.29) is 85.2 Å². The molecule has 3 aromatic carbocycles. The van der Waals surface area contributed by atoms with E-state index >= 15 is 0 Å². The van der Waals surface area contributed by atoms with E-state index < -0.39 is 47.1 Å². The summed E-state index contributed by atoms with van der Waals surface area (Å²) in [6.45, 7) is 3.19. The molecule has 0 spiro atoms. The largest absolute Gasteiger partial charge is 0.483 e. The molecule has 24 heteroatoms. The number of nitro benzene ring substituents is 1. The molecular formula is C47H51N11O13. The first-order valence-electron chi connectivity index (χ1n) is 22.9. The molecule has 5 heterocycles. The summed E-state index contributed by atoms with van der Waals surface area (Å²) in [5, 5.41) is 25.2. The first-order valence-corrected chi connectivity index (χ1v) is 22.9. The molecule has 3 aliphatic rings. The molecule has 0 aliphatic carbocycles. The lowest BCUT2D eigenvalue weighted by atomic mass is 10.0. The van der Waals surface area contributed by atoms with Crippen LogP contribution in [-0.2, 0) is 33.4 Å². The molecule has 0 bridgehead atoms. The zero-order valence-electron chi connectivity index (χ0n) is 38.4. The van der Waals surface area contributed by atoms with Gasteiger partial charge >= 0.3 is 5.69 Å². The number of likely N-dealkylation sites (tertiary alicyclic amines) is 1. The number of anilines is 1. The zero-order chi connectivity index (χ0) is 49.9. The number of rotatable bonds is 23. The van der Waals surface area contributed by atoms with Gasteiger partial charge < -0.3 is 40.1 Å². The van der Waals surface area contributed by atoms with Gasteiger partial charge in [-0.3, -0.25) is 54.0 Å². The van der Waals surface area contributed by atoms with Gasteiger partial charge in [0.1, 0.15) is 35.4 Å². The van der Waals surface area contributed by atoms with Gasteiger partial charge in [-0.2, -0.15) is 5.10 Å². The van der Waals surface area contributed by atoms with Crippen molar-refractivity contribution in [3.05, 3.63) is 94.3 Å². The molecule has 1 unspecified atom stereocenters. The summed E-state index contributed by atoms with van der Waals surface area (Å²) in [7, 11) is 0. The normalized spacial score (nSPS) is 16.2. The number of fused-ring (bicyclic) bond motifs is 2. The third-order valence-electron chi connectivity index (χ3n) is 11.9. The summed E-state index contributed by atoms with van der Waals surface area (Å²) in [5.41, 5.74) is 7.49. The van der Waals surface area contributed by atoms with Crippen molar-refractivity contribution in [1.29, 1.82) is 0 Å². The van der Waals surface area contributed by atoms with E-state index in [0.29, 0.717) is 86.9 Å². The molecular weight excluding hydrogens is 927 g/mol. The van der Waals surface area contributed by atoms with Gasteiger partial charge in [-0.1, -0.05) is 24.3 Å². The van der Waals surface area contributed by atoms with E-state index in [2.05, 4.69) is 30.8 Å². The van der Waals surface area contributed by atoms with Crippen LogP contribution in [0.5, 0.6) is 17.2 Å². The van der Waals surface area contributed by atoms with Crippen molar-refractivity contribution >= 4 is 58.0 Å². The van der Waals surface area contributed by atoms with Crippen LogP contribution >= 0.6 is 0 Å². The Morgan fingerprint density at radius 1 is 0.817 bits per heavy atom. The highest BCUT2D eigenvalue weighted by Crippen LogP contribution is 2.39. The lowest BCUT2D eigenvalue weighted by molar-refractivity contribution is -0.385. The summed E-state index contributed by atoms with van der Waals surface area (Å²) < 4.78 is 29.8. The van der Waals surface area contributed by atoms with E-state index in [1.54, 1.807) is 35.0 Å². The van der Waals surface area contributed by atoms with Crippen LogP contribution in [0.1, 0.15) is 52.4 Å². The number of nitrogens with two attached hydrogens (primary N) is 1. The Labute approximate surface area is 405 Å². The van der Waals surface area contributed by atoms with Crippen molar-refractivity contribution < 1.29 is 57.4 Å². The fourth-order valence-corrected chi connectivity index (χ4v) is 8.41. The minimum Gasteiger partial charge on any atom is -0.483 e. The molecule has 2 fully saturated rings. The van der Waals surface area contributed by atoms with Gasteiger partial charge in [0.25, 0.3) is 17.7 Å². The molecule has 24 nitrogen and oxygen atoms in total. The summed E-state index contributed by atoms with van der Waals surface area (Å²) in [6, 6.07) is 16.6. The second kappa shape index (κ2) is 23.1. The number of hydrogen-bond donors (Lipinski definition) is 4. The first kappa shape index (κ1) is 49.5. The average molecular weight is 978 g/mol. The van der Waals surface area contributed by atoms with Gasteiger partial charge in [-0.15, -0.1) is 0 Å². The molecule has 1 atom stereocenters. The van der Waals surface area contributed by atoms with Crippen molar-refractivity contribution in [3.8, 4) is 28.5 Å². The van der Waals surface area contributed by atoms with Gasteiger partial charge in [-0.25, -0.2) is 14.6 Å². The van der Waals surface area contributed by atoms with Crippen molar-refractivity contribution in [2.24, 2.45) is 0 Å². The summed E-state index contributed by atoms with van der Waals surface area (Å²) in [6.07, 6.45) is 2.71. The number of amides is 6. The number of piperidine rings is 2. The molecule has 0 saturated carbocycles. The predicted octanol–water partition coefficient (Wildman–Crippen LogP) is 2.18. The van der Waals surface area contributed by atoms with E-state index in [1.165, 1.54) is 36.7 Å². The van der Waals surface area contributed by atoms with Crippen LogP contribution in [0.15, 0.2) is 73.1 Å². The quantitative estimate of drug-likeness (QED) is 0.0315. The Balaban J connectivity index is 0.671. The Morgan fingerprint density at radius 2 is 1.52 bits per heavy atom. The second-order valence-corrected chi connectivity index (χ2v) is 16.6. The van der Waals surface area contributed by atoms with Gasteiger partial charge in [0.2, 0.25) is 23.5 Å². The monoisotopic (exact) mass is 977 g/mol. The van der Waals surface area contributed by atoms with E-state index in [0.717, 1.165) is 4.90 Å². The number of nitro groups is 1. The minimum absolute atomic E-state index is 0.00612. The second-order valence-electron chi connectivity index (χ2n) is 16.6. The Hall–Kier alpha value is -7.93. The number of carbonyl (C=O) groups is 6. The van der Waals surface area contributed by atoms with Crippen LogP contribution in [0.3, 0.4) is 0 Å². The Kier molecular flexibility index (Phi) is 16.1.